The topological polar surface area (TPSA) is 207 Å². The van der Waals surface area contributed by atoms with Gasteiger partial charge in [-0.2, -0.15) is 0 Å². The molecule has 0 spiro atoms. The maximum Gasteiger partial charge on any atom is 0.525 e. The van der Waals surface area contributed by atoms with Crippen molar-refractivity contribution in [1.82, 2.24) is 0 Å². The second-order valence-corrected chi connectivity index (χ2v) is 12.4. The van der Waals surface area contributed by atoms with E-state index in [0.29, 0.717) is 0 Å². The molecule has 250 valence electrons. The van der Waals surface area contributed by atoms with Crippen molar-refractivity contribution in [2.24, 2.45) is 11.8 Å². The van der Waals surface area contributed by atoms with Gasteiger partial charge < -0.3 is 57.4 Å². The molecule has 0 aromatic heterocycles. The highest BCUT2D eigenvalue weighted by molar-refractivity contribution is 7.46. The van der Waals surface area contributed by atoms with E-state index in [-0.39, 0.29) is 52.9 Å². The van der Waals surface area contributed by atoms with Gasteiger partial charge in [0.05, 0.1) is 39.5 Å². The number of benzene rings is 2. The van der Waals surface area contributed by atoms with Crippen molar-refractivity contribution < 1.29 is 80.6 Å². The third-order valence-electron chi connectivity index (χ3n) is 8.56. The lowest BCUT2D eigenvalue weighted by Gasteiger charge is -2.47. The summed E-state index contributed by atoms with van der Waals surface area (Å²) in [5.74, 6) is -6.25. The number of phosphoric acid groups is 1. The molecule has 7 rings (SSSR count). The number of cyclic esters (lactones) is 1. The molecule has 0 amide bonds. The number of esters is 1. The molecule has 2 aromatic rings. The summed E-state index contributed by atoms with van der Waals surface area (Å²) in [6.45, 7) is -1.16. The molecule has 17 heteroatoms. The summed E-state index contributed by atoms with van der Waals surface area (Å²) in [7, 11) is -2.71. The third-order valence-corrected chi connectivity index (χ3v) is 8.98. The van der Waals surface area contributed by atoms with Gasteiger partial charge in [0, 0.05) is 13.2 Å². The van der Waals surface area contributed by atoms with E-state index in [1.807, 2.05) is 0 Å². The first-order chi connectivity index (χ1) is 23.0. The van der Waals surface area contributed by atoms with E-state index >= 15 is 0 Å². The number of aliphatic hydroxyl groups is 2. The summed E-state index contributed by atoms with van der Waals surface area (Å²) in [6.07, 6.45) is -8.10. The second-order valence-electron chi connectivity index (χ2n) is 11.2. The highest BCUT2D eigenvalue weighted by atomic mass is 31.2. The van der Waals surface area contributed by atoms with Gasteiger partial charge in [-0.3, -0.25) is 14.6 Å². The van der Waals surface area contributed by atoms with Gasteiger partial charge in [0.15, 0.2) is 35.6 Å². The fourth-order valence-corrected chi connectivity index (χ4v) is 6.97. The van der Waals surface area contributed by atoms with Gasteiger partial charge in [0.1, 0.15) is 27.2 Å². The number of fused-ring (bicyclic) bond motifs is 4. The highest BCUT2D eigenvalue weighted by Crippen LogP contribution is 2.57. The average Bonchev–Trinajstić information content (AvgIpc) is 3.57. The molecule has 16 nitrogen and oxygen atoms in total. The first-order valence-electron chi connectivity index (χ1n) is 15.7. The Balaban J connectivity index is 1.38. The Hall–Kier alpha value is -3.18. The molecule has 3 saturated heterocycles. The molecule has 2 aromatic carbocycles. The van der Waals surface area contributed by atoms with Crippen LogP contribution in [0, 0.1) is 11.8 Å². The zero-order valence-corrected chi connectivity index (χ0v) is 25.4. The molecule has 4 heterocycles. The van der Waals surface area contributed by atoms with E-state index in [1.54, 1.807) is 6.92 Å². The zero-order chi connectivity index (χ0) is 35.2. The van der Waals surface area contributed by atoms with Gasteiger partial charge in [0.2, 0.25) is 12.5 Å². The minimum absolute atomic E-state index is 0.0272. The van der Waals surface area contributed by atoms with Crippen LogP contribution in [0.25, 0.3) is 0 Å². The smallest absolute Gasteiger partial charge is 0.493 e. The molecule has 10 atom stereocenters. The van der Waals surface area contributed by atoms with Gasteiger partial charge in [-0.1, -0.05) is 0 Å². The quantitative estimate of drug-likeness (QED) is 0.240. The Morgan fingerprint density at radius 3 is 2.28 bits per heavy atom. The third kappa shape index (κ3) is 5.37. The Morgan fingerprint density at radius 2 is 1.63 bits per heavy atom. The summed E-state index contributed by atoms with van der Waals surface area (Å²) in [5, 5.41) is 22.1. The number of aliphatic hydroxyl groups excluding tert-OH is 2. The molecule has 0 radical (unpaired) electrons. The van der Waals surface area contributed by atoms with Gasteiger partial charge in [0.25, 0.3) is 0 Å². The maximum atomic E-state index is 13.6. The van der Waals surface area contributed by atoms with E-state index < -0.39 is 87.1 Å². The zero-order valence-electron chi connectivity index (χ0n) is 27.6. The number of phosphoric ester groups is 1. The van der Waals surface area contributed by atoms with E-state index in [1.165, 1.54) is 38.5 Å². The number of rotatable bonds is 7. The van der Waals surface area contributed by atoms with E-state index in [4.69, 9.17) is 49.9 Å². The van der Waals surface area contributed by atoms with Gasteiger partial charge >= 0.3 is 13.8 Å². The molecular formula is C29H33O16P. The van der Waals surface area contributed by atoms with Crippen LogP contribution in [0.4, 0.5) is 0 Å². The summed E-state index contributed by atoms with van der Waals surface area (Å²) >= 11 is 0. The summed E-state index contributed by atoms with van der Waals surface area (Å²) < 4.78 is 93.2. The number of ether oxygens (including phenoxy) is 9. The number of carbonyl (C=O) groups excluding carboxylic acids is 1. The summed E-state index contributed by atoms with van der Waals surface area (Å²) in [5.41, 5.74) is 0.306. The molecule has 0 saturated carbocycles. The molecule has 0 bridgehead atoms. The van der Waals surface area contributed by atoms with E-state index in [2.05, 4.69) is 0 Å². The Kier molecular flexibility index (Phi) is 7.16. The molecule has 5 aliphatic rings. The largest absolute Gasteiger partial charge is 0.525 e. The van der Waals surface area contributed by atoms with Crippen LogP contribution in [0.15, 0.2) is 24.3 Å². The lowest BCUT2D eigenvalue weighted by atomic mass is 9.66. The average molecular weight is 672 g/mol. The minimum atomic E-state index is -5.11. The fourth-order valence-electron chi connectivity index (χ4n) is 6.56. The molecule has 4 N–H and O–H groups in total. The first kappa shape index (κ1) is 27.9. The van der Waals surface area contributed by atoms with Crippen molar-refractivity contribution in [1.29, 1.82) is 0 Å². The van der Waals surface area contributed by atoms with Crippen LogP contribution in [-0.2, 0) is 33.0 Å². The first-order valence-corrected chi connectivity index (χ1v) is 15.8. The van der Waals surface area contributed by atoms with Crippen LogP contribution in [-0.4, -0.2) is 97.1 Å². The maximum absolute atomic E-state index is 13.6. The van der Waals surface area contributed by atoms with E-state index in [9.17, 15) is 30.7 Å². The van der Waals surface area contributed by atoms with Crippen LogP contribution in [0.3, 0.4) is 0 Å². The van der Waals surface area contributed by atoms with Crippen molar-refractivity contribution in [3.63, 3.8) is 0 Å². The molecule has 1 aliphatic carbocycles. The predicted molar refractivity (Wildman–Crippen MR) is 149 cm³/mol. The Morgan fingerprint density at radius 1 is 0.957 bits per heavy atom. The fraction of sp³-hybridized carbons (Fsp3) is 0.552. The lowest BCUT2D eigenvalue weighted by Crippen LogP contribution is -2.63. The monoisotopic (exact) mass is 671 g/mol. The van der Waals surface area contributed by atoms with Crippen molar-refractivity contribution in [3.05, 3.63) is 41.0 Å². The minimum Gasteiger partial charge on any atom is -0.493 e. The number of methoxy groups -OCH3 is 2. The summed E-state index contributed by atoms with van der Waals surface area (Å²) in [4.78, 5) is 32.7. The van der Waals surface area contributed by atoms with Gasteiger partial charge in [-0.05, 0) is 47.9 Å². The van der Waals surface area contributed by atoms with Crippen LogP contribution >= 0.6 is 7.82 Å². The van der Waals surface area contributed by atoms with Crippen molar-refractivity contribution in [2.75, 3.05) is 34.2 Å². The van der Waals surface area contributed by atoms with Crippen LogP contribution < -0.4 is 23.5 Å². The van der Waals surface area contributed by atoms with Gasteiger partial charge in [-0.25, -0.2) is 4.57 Å². The standard InChI is InChI=1S/C29H33O16P/c1-11-38-9-20-27(42-11)23(30)24(31)29(43-20)44-25-14-7-17-16(40-10-41-17)6-13(14)21(22-15(25)8-39-28(22)32)12-4-18(36-2)26(19(5-12)37-3)45-46(33,34)35/h4-7,11,15,20-25,27,29-31H,8-10H2,1-3H3,(H2,33,34,35)/t11-,15+,20-,21-,22+,23-,24-,25-,27-,29+/m1/s1/i10D2,21D. The molecule has 4 aliphatic heterocycles. The molecule has 3 fully saturated rings. The normalized spacial score (nSPS) is 38.3. The number of carbonyl (C=O) groups is 1. The van der Waals surface area contributed by atoms with Crippen molar-refractivity contribution >= 4 is 13.8 Å². The Bertz CT molecular complexity index is 1680. The van der Waals surface area contributed by atoms with Crippen LogP contribution in [0.5, 0.6) is 28.7 Å². The lowest BCUT2D eigenvalue weighted by molar-refractivity contribution is -0.364. The molecule has 0 unspecified atom stereocenters. The second kappa shape index (κ2) is 11.8. The van der Waals surface area contributed by atoms with E-state index in [0.717, 1.165) is 0 Å². The number of hydrogen-bond donors (Lipinski definition) is 4. The molecular weight excluding hydrogens is 635 g/mol. The van der Waals surface area contributed by atoms with Gasteiger partial charge in [-0.15, -0.1) is 0 Å². The molecule has 46 heavy (non-hydrogen) atoms. The number of hydrogen-bond acceptors (Lipinski definition) is 14. The van der Waals surface area contributed by atoms with Crippen molar-refractivity contribution in [2.45, 2.75) is 55.9 Å². The Labute approximate surface area is 266 Å². The highest BCUT2D eigenvalue weighted by Gasteiger charge is 2.56. The SMILES string of the molecule is [2H]C1([2H])Oc2cc3c(cc2O1)[C@@]([2H])(c1cc(OC)c(OP(=O)(O)O)c(OC)c1)[C@H]1C(=O)OC[C@@H]1[C@@H]3O[C@@H]1O[C@@H]2CO[C@@H](C)O[C@H]2[C@H](O)[C@H]1O. The van der Waals surface area contributed by atoms with Crippen LogP contribution in [0.1, 0.15) is 39.7 Å². The summed E-state index contributed by atoms with van der Waals surface area (Å²) in [6, 6.07) is 5.23. The van der Waals surface area contributed by atoms with Crippen molar-refractivity contribution in [3.8, 4) is 28.7 Å². The van der Waals surface area contributed by atoms with Crippen LogP contribution in [0.2, 0.25) is 0 Å². The predicted octanol–water partition coefficient (Wildman–Crippen LogP) is 1.10.